The molecule has 0 bridgehead atoms. The number of methoxy groups -OCH3 is 1. The monoisotopic (exact) mass is 272 g/mol. The van der Waals surface area contributed by atoms with E-state index in [1.807, 2.05) is 6.92 Å². The Morgan fingerprint density at radius 1 is 1.47 bits per heavy atom. The molecule has 0 aromatic carbocycles. The number of carboxylic acid groups (broad SMARTS) is 1. The van der Waals surface area contributed by atoms with Crippen LogP contribution >= 0.6 is 0 Å². The summed E-state index contributed by atoms with van der Waals surface area (Å²) in [5, 5.41) is 14.6. The van der Waals surface area contributed by atoms with Crippen LogP contribution in [0, 0.1) is 5.41 Å². The van der Waals surface area contributed by atoms with E-state index in [0.29, 0.717) is 19.4 Å². The van der Waals surface area contributed by atoms with Crippen molar-refractivity contribution < 1.29 is 24.2 Å². The molecule has 1 rings (SSSR count). The van der Waals surface area contributed by atoms with Gasteiger partial charge in [0.05, 0.1) is 18.9 Å². The Bertz CT molecular complexity index is 363. The van der Waals surface area contributed by atoms with Crippen molar-refractivity contribution in [1.82, 2.24) is 10.6 Å². The lowest BCUT2D eigenvalue weighted by molar-refractivity contribution is -0.149. The molecule has 1 saturated heterocycles. The molecule has 1 aliphatic rings. The molecule has 1 amide bonds. The van der Waals surface area contributed by atoms with E-state index in [1.54, 1.807) is 0 Å². The molecule has 2 atom stereocenters. The molecule has 7 heteroatoms. The zero-order valence-electron chi connectivity index (χ0n) is 11.2. The number of carbonyl (C=O) groups excluding carboxylic acids is 2. The van der Waals surface area contributed by atoms with Crippen molar-refractivity contribution in [3.05, 3.63) is 0 Å². The maximum atomic E-state index is 12.2. The van der Waals surface area contributed by atoms with Gasteiger partial charge in [0, 0.05) is 6.54 Å². The van der Waals surface area contributed by atoms with Crippen molar-refractivity contribution in [1.29, 1.82) is 0 Å². The number of ether oxygens (including phenoxy) is 1. The normalized spacial score (nSPS) is 23.7. The van der Waals surface area contributed by atoms with Gasteiger partial charge in [-0.15, -0.1) is 0 Å². The van der Waals surface area contributed by atoms with Crippen molar-refractivity contribution in [2.24, 2.45) is 5.41 Å². The topological polar surface area (TPSA) is 105 Å². The van der Waals surface area contributed by atoms with Gasteiger partial charge in [0.1, 0.15) is 6.04 Å². The van der Waals surface area contributed by atoms with E-state index in [-0.39, 0.29) is 12.3 Å². The third-order valence-corrected chi connectivity index (χ3v) is 3.60. The predicted molar refractivity (Wildman–Crippen MR) is 66.4 cm³/mol. The van der Waals surface area contributed by atoms with E-state index in [2.05, 4.69) is 15.4 Å². The van der Waals surface area contributed by atoms with Gasteiger partial charge in [0.2, 0.25) is 5.91 Å². The van der Waals surface area contributed by atoms with Gasteiger partial charge in [0.25, 0.3) is 0 Å². The molecule has 0 saturated carbocycles. The zero-order valence-corrected chi connectivity index (χ0v) is 11.2. The Kier molecular flexibility index (Phi) is 5.29. The average Bonchev–Trinajstić information content (AvgIpc) is 2.87. The molecule has 0 aliphatic carbocycles. The van der Waals surface area contributed by atoms with Crippen molar-refractivity contribution in [2.75, 3.05) is 20.2 Å². The van der Waals surface area contributed by atoms with E-state index >= 15 is 0 Å². The van der Waals surface area contributed by atoms with Gasteiger partial charge < -0.3 is 20.5 Å². The van der Waals surface area contributed by atoms with E-state index < -0.39 is 23.4 Å². The Balaban J connectivity index is 2.70. The molecule has 1 aliphatic heterocycles. The van der Waals surface area contributed by atoms with E-state index in [0.717, 1.165) is 6.54 Å². The van der Waals surface area contributed by atoms with Gasteiger partial charge in [0.15, 0.2) is 0 Å². The molecule has 7 nitrogen and oxygen atoms in total. The van der Waals surface area contributed by atoms with Gasteiger partial charge in [-0.3, -0.25) is 9.59 Å². The number of esters is 1. The fraction of sp³-hybridized carbons (Fsp3) is 0.750. The second kappa shape index (κ2) is 6.51. The lowest BCUT2D eigenvalue weighted by atomic mass is 9.83. The van der Waals surface area contributed by atoms with E-state index in [1.165, 1.54) is 7.11 Å². The fourth-order valence-corrected chi connectivity index (χ4v) is 2.16. The highest BCUT2D eigenvalue weighted by molar-refractivity contribution is 5.90. The molecule has 0 aromatic rings. The lowest BCUT2D eigenvalue weighted by Crippen LogP contribution is -2.50. The standard InChI is InChI=1S/C12H20N2O5/c1-3-12(4-5-13-7-12)11(18)14-8(10(16)17)6-9(15)19-2/h8,13H,3-7H2,1-2H3,(H,14,18)(H,16,17)/t8-,12?/m0/s1. The molecule has 0 radical (unpaired) electrons. The van der Waals surface area contributed by atoms with Gasteiger partial charge >= 0.3 is 11.9 Å². The van der Waals surface area contributed by atoms with Crippen molar-refractivity contribution in [3.8, 4) is 0 Å². The molecule has 0 spiro atoms. The van der Waals surface area contributed by atoms with Gasteiger partial charge in [-0.05, 0) is 19.4 Å². The van der Waals surface area contributed by atoms with Crippen LogP contribution < -0.4 is 10.6 Å². The minimum Gasteiger partial charge on any atom is -0.480 e. The van der Waals surface area contributed by atoms with Gasteiger partial charge in [-0.2, -0.15) is 0 Å². The Labute approximate surface area is 111 Å². The smallest absolute Gasteiger partial charge is 0.326 e. The highest BCUT2D eigenvalue weighted by Gasteiger charge is 2.41. The average molecular weight is 272 g/mol. The third kappa shape index (κ3) is 3.66. The summed E-state index contributed by atoms with van der Waals surface area (Å²) in [7, 11) is 1.18. The van der Waals surface area contributed by atoms with Crippen LogP contribution in [0.5, 0.6) is 0 Å². The number of amides is 1. The molecule has 3 N–H and O–H groups in total. The molecular formula is C12H20N2O5. The second-order valence-electron chi connectivity index (χ2n) is 4.71. The summed E-state index contributed by atoms with van der Waals surface area (Å²) in [6.45, 7) is 3.15. The number of hydrogen-bond donors (Lipinski definition) is 3. The van der Waals surface area contributed by atoms with Gasteiger partial charge in [-0.25, -0.2) is 4.79 Å². The quantitative estimate of drug-likeness (QED) is 0.563. The number of nitrogens with one attached hydrogen (secondary N) is 2. The van der Waals surface area contributed by atoms with Crippen LogP contribution in [0.25, 0.3) is 0 Å². The molecule has 1 fully saturated rings. The zero-order chi connectivity index (χ0) is 14.5. The lowest BCUT2D eigenvalue weighted by Gasteiger charge is -2.27. The summed E-state index contributed by atoms with van der Waals surface area (Å²) in [5.74, 6) is -2.23. The Morgan fingerprint density at radius 3 is 2.58 bits per heavy atom. The number of carboxylic acids is 1. The molecule has 19 heavy (non-hydrogen) atoms. The van der Waals surface area contributed by atoms with Crippen molar-refractivity contribution >= 4 is 17.8 Å². The Hall–Kier alpha value is -1.63. The minimum atomic E-state index is -1.25. The summed E-state index contributed by atoms with van der Waals surface area (Å²) in [6.07, 6.45) is 0.918. The van der Waals surface area contributed by atoms with Crippen LogP contribution in [0.15, 0.2) is 0 Å². The first-order chi connectivity index (χ1) is 8.95. The highest BCUT2D eigenvalue weighted by Crippen LogP contribution is 2.29. The molecular weight excluding hydrogens is 252 g/mol. The molecule has 0 aromatic heterocycles. The first-order valence-electron chi connectivity index (χ1n) is 6.26. The minimum absolute atomic E-state index is 0.323. The van der Waals surface area contributed by atoms with Crippen molar-refractivity contribution in [2.45, 2.75) is 32.2 Å². The SMILES string of the molecule is CCC1(C(=O)N[C@@H](CC(=O)OC)C(=O)O)CCNC1. The number of carbonyl (C=O) groups is 3. The van der Waals surface area contributed by atoms with Crippen LogP contribution in [-0.2, 0) is 19.1 Å². The summed E-state index contributed by atoms with van der Waals surface area (Å²) >= 11 is 0. The summed E-state index contributed by atoms with van der Waals surface area (Å²) in [6, 6.07) is -1.25. The number of rotatable bonds is 6. The molecule has 1 unspecified atom stereocenters. The molecule has 108 valence electrons. The predicted octanol–water partition coefficient (Wildman–Crippen LogP) is -0.491. The Morgan fingerprint density at radius 2 is 2.16 bits per heavy atom. The summed E-state index contributed by atoms with van der Waals surface area (Å²) < 4.78 is 4.42. The largest absolute Gasteiger partial charge is 0.480 e. The van der Waals surface area contributed by atoms with Crippen LogP contribution in [0.1, 0.15) is 26.2 Å². The van der Waals surface area contributed by atoms with E-state index in [4.69, 9.17) is 5.11 Å². The first-order valence-corrected chi connectivity index (χ1v) is 6.26. The first kappa shape index (κ1) is 15.4. The molecule has 1 heterocycles. The third-order valence-electron chi connectivity index (χ3n) is 3.60. The summed E-state index contributed by atoms with van der Waals surface area (Å²) in [4.78, 5) is 34.4. The van der Waals surface area contributed by atoms with Crippen molar-refractivity contribution in [3.63, 3.8) is 0 Å². The second-order valence-corrected chi connectivity index (χ2v) is 4.71. The van der Waals surface area contributed by atoms with E-state index in [9.17, 15) is 14.4 Å². The summed E-state index contributed by atoms with van der Waals surface area (Å²) in [5.41, 5.74) is -0.580. The van der Waals surface area contributed by atoms with Crippen LogP contribution in [-0.4, -0.2) is 49.2 Å². The number of aliphatic carboxylic acids is 1. The van der Waals surface area contributed by atoms with Crippen LogP contribution in [0.4, 0.5) is 0 Å². The number of hydrogen-bond acceptors (Lipinski definition) is 5. The maximum Gasteiger partial charge on any atom is 0.326 e. The van der Waals surface area contributed by atoms with Crippen LogP contribution in [0.2, 0.25) is 0 Å². The maximum absolute atomic E-state index is 12.2. The highest BCUT2D eigenvalue weighted by atomic mass is 16.5. The van der Waals surface area contributed by atoms with Crippen LogP contribution in [0.3, 0.4) is 0 Å². The van der Waals surface area contributed by atoms with Gasteiger partial charge in [-0.1, -0.05) is 6.92 Å². The fourth-order valence-electron chi connectivity index (χ4n) is 2.16.